The first-order chi connectivity index (χ1) is 13.0. The average molecular weight is 371 g/mol. The van der Waals surface area contributed by atoms with Gasteiger partial charge in [-0.05, 0) is 25.1 Å². The van der Waals surface area contributed by atoms with E-state index in [4.69, 9.17) is 9.83 Å². The van der Waals surface area contributed by atoms with Gasteiger partial charge < -0.3 is 4.90 Å². The number of piperidine rings is 1. The van der Waals surface area contributed by atoms with Gasteiger partial charge in [0.1, 0.15) is 0 Å². The molecule has 2 aliphatic rings. The third kappa shape index (κ3) is 3.42. The van der Waals surface area contributed by atoms with E-state index in [9.17, 15) is 13.6 Å². The van der Waals surface area contributed by atoms with Crippen molar-refractivity contribution in [2.24, 2.45) is 4.99 Å². The maximum Gasteiger partial charge on any atom is 0.253 e. The van der Waals surface area contributed by atoms with Crippen LogP contribution in [0.1, 0.15) is 34.3 Å². The summed E-state index contributed by atoms with van der Waals surface area (Å²) in [6, 6.07) is 11.2. The summed E-state index contributed by atoms with van der Waals surface area (Å²) in [5.41, 5.74) is 4.44. The number of benzene rings is 2. The number of nitrogens with zero attached hydrogens (tertiary/aromatic N) is 2. The van der Waals surface area contributed by atoms with Gasteiger partial charge in [0, 0.05) is 37.1 Å². The highest BCUT2D eigenvalue weighted by molar-refractivity contribution is 5.99. The predicted molar refractivity (Wildman–Crippen MR) is 96.2 cm³/mol. The van der Waals surface area contributed by atoms with Crippen molar-refractivity contribution in [1.82, 2.24) is 10.4 Å². The van der Waals surface area contributed by atoms with Crippen molar-refractivity contribution in [1.29, 1.82) is 0 Å². The zero-order valence-electron chi connectivity index (χ0n) is 14.8. The van der Waals surface area contributed by atoms with Crippen molar-refractivity contribution in [3.05, 3.63) is 70.8 Å². The molecule has 1 fully saturated rings. The molecule has 1 amide bonds. The van der Waals surface area contributed by atoms with E-state index < -0.39 is 17.4 Å². The van der Waals surface area contributed by atoms with Crippen LogP contribution in [0.15, 0.2) is 47.5 Å². The molecule has 2 aromatic rings. The fourth-order valence-corrected chi connectivity index (χ4v) is 3.31. The van der Waals surface area contributed by atoms with Crippen LogP contribution >= 0.6 is 0 Å². The van der Waals surface area contributed by atoms with Crippen LogP contribution in [0.4, 0.5) is 8.78 Å². The van der Waals surface area contributed by atoms with Crippen molar-refractivity contribution in [2.45, 2.75) is 25.5 Å². The number of aliphatic imine (C=N–C) groups is 1. The second kappa shape index (κ2) is 6.74. The fraction of sp³-hybridized carbons (Fsp3) is 0.300. The van der Waals surface area contributed by atoms with Crippen LogP contribution in [0.3, 0.4) is 0 Å². The number of rotatable bonds is 2. The van der Waals surface area contributed by atoms with Gasteiger partial charge in [-0.1, -0.05) is 29.8 Å². The summed E-state index contributed by atoms with van der Waals surface area (Å²) < 4.78 is 26.4. The summed E-state index contributed by atoms with van der Waals surface area (Å²) in [5, 5.41) is 0. The van der Waals surface area contributed by atoms with Gasteiger partial charge in [0.25, 0.3) is 5.91 Å². The Morgan fingerprint density at radius 1 is 1.11 bits per heavy atom. The van der Waals surface area contributed by atoms with Crippen molar-refractivity contribution >= 4 is 11.7 Å². The maximum absolute atomic E-state index is 13.4. The molecule has 1 N–H and O–H groups in total. The molecule has 2 aliphatic heterocycles. The maximum atomic E-state index is 13.4. The third-order valence-electron chi connectivity index (χ3n) is 4.98. The molecule has 2 aromatic carbocycles. The second-order valence-electron chi connectivity index (χ2n) is 6.90. The SMILES string of the molecule is Cc1ccc(C2=NC3(CCN(C(=O)c4ccc(F)c(F)c4)CC3)ON2)cc1. The molecule has 5 nitrogen and oxygen atoms in total. The number of hydrogen-bond acceptors (Lipinski definition) is 4. The number of carbonyl (C=O) groups excluding carboxylic acids is 1. The smallest absolute Gasteiger partial charge is 0.253 e. The number of hydrogen-bond donors (Lipinski definition) is 1. The Bertz CT molecular complexity index is 904. The third-order valence-corrected chi connectivity index (χ3v) is 4.98. The lowest BCUT2D eigenvalue weighted by atomic mass is 10.00. The Morgan fingerprint density at radius 3 is 2.48 bits per heavy atom. The zero-order chi connectivity index (χ0) is 19.0. The lowest BCUT2D eigenvalue weighted by Gasteiger charge is -2.35. The van der Waals surface area contributed by atoms with Crippen molar-refractivity contribution in [2.75, 3.05) is 13.1 Å². The van der Waals surface area contributed by atoms with Gasteiger partial charge in [-0.15, -0.1) is 0 Å². The molecule has 0 saturated carbocycles. The number of amidine groups is 1. The van der Waals surface area contributed by atoms with Gasteiger partial charge >= 0.3 is 0 Å². The lowest BCUT2D eigenvalue weighted by Crippen LogP contribution is -2.46. The van der Waals surface area contributed by atoms with E-state index in [1.807, 2.05) is 31.2 Å². The molecular formula is C20H19F2N3O2. The number of amides is 1. The standard InChI is InChI=1S/C20H19F2N3O2/c1-13-2-4-14(5-3-13)18-23-20(27-24-18)8-10-25(11-9-20)19(26)15-6-7-16(21)17(22)12-15/h2-7,12H,8-11H2,1H3,(H,23,24). The minimum absolute atomic E-state index is 0.138. The van der Waals surface area contributed by atoms with Crippen LogP contribution in [0, 0.1) is 18.6 Å². The van der Waals surface area contributed by atoms with Crippen molar-refractivity contribution in [3.8, 4) is 0 Å². The van der Waals surface area contributed by atoms with Crippen molar-refractivity contribution < 1.29 is 18.4 Å². The summed E-state index contributed by atoms with van der Waals surface area (Å²) in [7, 11) is 0. The van der Waals surface area contributed by atoms with Gasteiger partial charge in [-0.3, -0.25) is 4.79 Å². The summed E-state index contributed by atoms with van der Waals surface area (Å²) >= 11 is 0. The molecule has 0 bridgehead atoms. The van der Waals surface area contributed by atoms with Crippen LogP contribution < -0.4 is 5.48 Å². The van der Waals surface area contributed by atoms with Crippen LogP contribution in [-0.4, -0.2) is 35.5 Å². The highest BCUT2D eigenvalue weighted by Gasteiger charge is 2.41. The van der Waals surface area contributed by atoms with E-state index in [1.54, 1.807) is 4.90 Å². The predicted octanol–water partition coefficient (Wildman–Crippen LogP) is 3.19. The highest BCUT2D eigenvalue weighted by atomic mass is 19.2. The quantitative estimate of drug-likeness (QED) is 0.882. The van der Waals surface area contributed by atoms with Crippen LogP contribution in [0.25, 0.3) is 0 Å². The number of carbonyl (C=O) groups is 1. The van der Waals surface area contributed by atoms with Gasteiger partial charge in [0.2, 0.25) is 0 Å². The summed E-state index contributed by atoms with van der Waals surface area (Å²) in [6.07, 6.45) is 1.04. The molecule has 0 atom stereocenters. The molecule has 140 valence electrons. The van der Waals surface area contributed by atoms with Gasteiger partial charge in [-0.25, -0.2) is 24.1 Å². The lowest BCUT2D eigenvalue weighted by molar-refractivity contribution is -0.0849. The summed E-state index contributed by atoms with van der Waals surface area (Å²) in [4.78, 5) is 24.6. The van der Waals surface area contributed by atoms with Gasteiger partial charge in [0.05, 0.1) is 0 Å². The first kappa shape index (κ1) is 17.6. The van der Waals surface area contributed by atoms with Crippen molar-refractivity contribution in [3.63, 3.8) is 0 Å². The first-order valence-electron chi connectivity index (χ1n) is 8.81. The molecule has 0 aromatic heterocycles. The minimum atomic E-state index is -1.02. The van der Waals surface area contributed by atoms with Crippen LogP contribution in [0.2, 0.25) is 0 Å². The molecule has 27 heavy (non-hydrogen) atoms. The van der Waals surface area contributed by atoms with E-state index in [-0.39, 0.29) is 11.5 Å². The Balaban J connectivity index is 1.44. The zero-order valence-corrected chi connectivity index (χ0v) is 14.8. The van der Waals surface area contributed by atoms with E-state index in [0.29, 0.717) is 31.8 Å². The molecule has 0 unspecified atom stereocenters. The van der Waals surface area contributed by atoms with Crippen LogP contribution in [-0.2, 0) is 4.84 Å². The Labute approximate surface area is 155 Å². The monoisotopic (exact) mass is 371 g/mol. The number of aryl methyl sites for hydroxylation is 1. The molecule has 2 heterocycles. The number of likely N-dealkylation sites (tertiary alicyclic amines) is 1. The first-order valence-corrected chi connectivity index (χ1v) is 8.81. The second-order valence-corrected chi connectivity index (χ2v) is 6.90. The number of halogens is 2. The normalized spacial score (nSPS) is 18.3. The van der Waals surface area contributed by atoms with E-state index in [2.05, 4.69) is 5.48 Å². The Kier molecular flexibility index (Phi) is 4.39. The Morgan fingerprint density at radius 2 is 1.81 bits per heavy atom. The highest BCUT2D eigenvalue weighted by Crippen LogP contribution is 2.31. The molecule has 1 saturated heterocycles. The largest absolute Gasteiger partial charge is 0.338 e. The van der Waals surface area contributed by atoms with E-state index in [0.717, 1.165) is 23.3 Å². The molecule has 1 spiro atoms. The molecule has 0 aliphatic carbocycles. The summed E-state index contributed by atoms with van der Waals surface area (Å²) in [6.45, 7) is 2.86. The fourth-order valence-electron chi connectivity index (χ4n) is 3.31. The topological polar surface area (TPSA) is 53.9 Å². The van der Waals surface area contributed by atoms with Gasteiger partial charge in [-0.2, -0.15) is 0 Å². The minimum Gasteiger partial charge on any atom is -0.338 e. The molecule has 7 heteroatoms. The van der Waals surface area contributed by atoms with E-state index in [1.165, 1.54) is 6.07 Å². The average Bonchev–Trinajstić information content (AvgIpc) is 3.08. The van der Waals surface area contributed by atoms with Crippen LogP contribution in [0.5, 0.6) is 0 Å². The Hall–Kier alpha value is -2.80. The van der Waals surface area contributed by atoms with E-state index >= 15 is 0 Å². The summed E-state index contributed by atoms with van der Waals surface area (Å²) in [5.74, 6) is -1.63. The number of nitrogens with one attached hydrogen (secondary N) is 1. The number of hydroxylamine groups is 1. The molecule has 4 rings (SSSR count). The molecular weight excluding hydrogens is 352 g/mol. The molecule has 0 radical (unpaired) electrons. The van der Waals surface area contributed by atoms with Gasteiger partial charge in [0.15, 0.2) is 23.2 Å².